The summed E-state index contributed by atoms with van der Waals surface area (Å²) in [4.78, 5) is 63.4. The lowest BCUT2D eigenvalue weighted by Gasteiger charge is -2.29. The summed E-state index contributed by atoms with van der Waals surface area (Å²) in [7, 11) is 0. The van der Waals surface area contributed by atoms with Crippen molar-refractivity contribution < 1.29 is 33.8 Å². The molecule has 12 nitrogen and oxygen atoms in total. The molecule has 0 saturated carbocycles. The Hall–Kier alpha value is -3.51. The van der Waals surface area contributed by atoms with Crippen molar-refractivity contribution >= 4 is 29.6 Å². The highest BCUT2D eigenvalue weighted by atomic mass is 16.5. The molecule has 0 saturated heterocycles. The van der Waals surface area contributed by atoms with Crippen LogP contribution in [-0.2, 0) is 24.0 Å². The summed E-state index contributed by atoms with van der Waals surface area (Å²) in [6, 6.07) is 4.36. The second-order valence-corrected chi connectivity index (χ2v) is 10.2. The molecule has 0 heterocycles. The number of nitrogens with two attached hydrogens (primary N) is 1. The number of ether oxygens (including phenoxy) is 1. The standard InChI is InChI=1S/C28H45N5O7/c1-6-7-9-14-22(35)32-24(20(16-34)15-30-26(37)19(5)31-25(36)18(4)29)27(38)33-23(17(2)3)28(39)40-21-12-10-8-11-13-21/h8,10-13,17-20,23-24,34H,6-7,9,14-16,29H2,1-5H3,(H,30,37)(H,31,36)(H,32,35)(H,33,38)/t18-,19-,20?,23-,24-/m0/s1. The van der Waals surface area contributed by atoms with Crippen molar-refractivity contribution in [2.75, 3.05) is 13.2 Å². The molecule has 1 aromatic rings. The lowest BCUT2D eigenvalue weighted by Crippen LogP contribution is -2.59. The number of benzene rings is 1. The first-order valence-electron chi connectivity index (χ1n) is 13.7. The Bertz CT molecular complexity index is 971. The number of aliphatic hydroxyl groups excluding tert-OH is 1. The van der Waals surface area contributed by atoms with Crippen LogP contribution in [0.25, 0.3) is 0 Å². The van der Waals surface area contributed by atoms with Crippen LogP contribution in [0.2, 0.25) is 0 Å². The Balaban J connectivity index is 3.05. The molecule has 0 radical (unpaired) electrons. The fraction of sp³-hybridized carbons (Fsp3) is 0.607. The number of carbonyl (C=O) groups is 5. The van der Waals surface area contributed by atoms with Crippen LogP contribution >= 0.6 is 0 Å². The van der Waals surface area contributed by atoms with Crippen molar-refractivity contribution in [3.05, 3.63) is 30.3 Å². The van der Waals surface area contributed by atoms with Crippen LogP contribution in [0.5, 0.6) is 5.75 Å². The molecule has 0 aliphatic rings. The first kappa shape index (κ1) is 34.5. The average Bonchev–Trinajstić information content (AvgIpc) is 2.91. The van der Waals surface area contributed by atoms with E-state index in [1.165, 1.54) is 13.8 Å². The van der Waals surface area contributed by atoms with Crippen molar-refractivity contribution in [3.63, 3.8) is 0 Å². The quantitative estimate of drug-likeness (QED) is 0.0890. The maximum Gasteiger partial charge on any atom is 0.334 e. The Labute approximate surface area is 236 Å². The van der Waals surface area contributed by atoms with Crippen LogP contribution in [0.1, 0.15) is 60.3 Å². The summed E-state index contributed by atoms with van der Waals surface area (Å²) in [5.74, 6) is -3.85. The van der Waals surface area contributed by atoms with Crippen molar-refractivity contribution in [3.8, 4) is 5.75 Å². The van der Waals surface area contributed by atoms with E-state index in [0.29, 0.717) is 12.2 Å². The molecule has 4 amide bonds. The molecule has 1 rings (SSSR count). The molecule has 0 bridgehead atoms. The zero-order valence-corrected chi connectivity index (χ0v) is 24.1. The Kier molecular flexibility index (Phi) is 15.5. The number of rotatable bonds is 17. The first-order chi connectivity index (χ1) is 18.9. The highest BCUT2D eigenvalue weighted by Gasteiger charge is 2.34. The highest BCUT2D eigenvalue weighted by Crippen LogP contribution is 2.13. The summed E-state index contributed by atoms with van der Waals surface area (Å²) in [6.07, 6.45) is 2.52. The van der Waals surface area contributed by atoms with Gasteiger partial charge in [-0.25, -0.2) is 4.79 Å². The molecule has 40 heavy (non-hydrogen) atoms. The number of hydrogen-bond acceptors (Lipinski definition) is 8. The topological polar surface area (TPSA) is 189 Å². The predicted molar refractivity (Wildman–Crippen MR) is 150 cm³/mol. The van der Waals surface area contributed by atoms with Gasteiger partial charge in [-0.2, -0.15) is 0 Å². The molecule has 0 aromatic heterocycles. The third-order valence-corrected chi connectivity index (χ3v) is 6.20. The monoisotopic (exact) mass is 563 g/mol. The maximum atomic E-state index is 13.5. The van der Waals surface area contributed by atoms with Crippen LogP contribution in [0, 0.1) is 11.8 Å². The van der Waals surface area contributed by atoms with Gasteiger partial charge in [0, 0.05) is 18.9 Å². The van der Waals surface area contributed by atoms with Crippen molar-refractivity contribution in [2.45, 2.75) is 84.5 Å². The molecular weight excluding hydrogens is 518 g/mol. The first-order valence-corrected chi connectivity index (χ1v) is 13.7. The van der Waals surface area contributed by atoms with Crippen molar-refractivity contribution in [1.29, 1.82) is 0 Å². The Morgan fingerprint density at radius 3 is 2.08 bits per heavy atom. The molecule has 0 aliphatic carbocycles. The minimum Gasteiger partial charge on any atom is -0.425 e. The number of unbranched alkanes of at least 4 members (excludes halogenated alkanes) is 2. The van der Waals surface area contributed by atoms with Gasteiger partial charge in [-0.1, -0.05) is 51.8 Å². The summed E-state index contributed by atoms with van der Waals surface area (Å²) < 4.78 is 5.41. The van der Waals surface area contributed by atoms with E-state index in [9.17, 15) is 29.1 Å². The highest BCUT2D eigenvalue weighted by molar-refractivity contribution is 5.92. The van der Waals surface area contributed by atoms with Gasteiger partial charge in [-0.05, 0) is 38.3 Å². The number of nitrogens with one attached hydrogen (secondary N) is 4. The smallest absolute Gasteiger partial charge is 0.334 e. The molecule has 0 aliphatic heterocycles. The number of esters is 1. The zero-order valence-electron chi connectivity index (χ0n) is 24.1. The van der Waals surface area contributed by atoms with Gasteiger partial charge in [0.2, 0.25) is 23.6 Å². The SMILES string of the molecule is CCCCCC(=O)N[C@H](C(=O)N[C@H](C(=O)Oc1ccccc1)C(C)C)C(CO)CNC(=O)[C@H](C)NC(=O)[C@H](C)N. The molecule has 224 valence electrons. The number of carbonyl (C=O) groups excluding carboxylic acids is 5. The third kappa shape index (κ3) is 12.1. The van der Waals surface area contributed by atoms with Gasteiger partial charge in [0.05, 0.1) is 12.6 Å². The number of hydrogen-bond donors (Lipinski definition) is 6. The summed E-state index contributed by atoms with van der Waals surface area (Å²) in [6.45, 7) is 7.66. The molecular formula is C28H45N5O7. The molecule has 0 fully saturated rings. The lowest BCUT2D eigenvalue weighted by molar-refractivity contribution is -0.141. The van der Waals surface area contributed by atoms with Gasteiger partial charge in [-0.15, -0.1) is 0 Å². The van der Waals surface area contributed by atoms with Gasteiger partial charge < -0.3 is 36.8 Å². The Morgan fingerprint density at radius 2 is 1.52 bits per heavy atom. The fourth-order valence-electron chi connectivity index (χ4n) is 3.67. The van der Waals surface area contributed by atoms with Crippen LogP contribution in [0.4, 0.5) is 0 Å². The second-order valence-electron chi connectivity index (χ2n) is 10.2. The summed E-state index contributed by atoms with van der Waals surface area (Å²) >= 11 is 0. The zero-order chi connectivity index (χ0) is 30.2. The summed E-state index contributed by atoms with van der Waals surface area (Å²) in [5, 5.41) is 20.5. The molecule has 0 spiro atoms. The van der Waals surface area contributed by atoms with E-state index in [-0.39, 0.29) is 18.9 Å². The van der Waals surface area contributed by atoms with Crippen LogP contribution in [0.3, 0.4) is 0 Å². The van der Waals surface area contributed by atoms with Gasteiger partial charge >= 0.3 is 5.97 Å². The molecule has 7 N–H and O–H groups in total. The number of amides is 4. The van der Waals surface area contributed by atoms with E-state index in [4.69, 9.17) is 10.5 Å². The van der Waals surface area contributed by atoms with Gasteiger partial charge in [0.15, 0.2) is 0 Å². The Morgan fingerprint density at radius 1 is 0.875 bits per heavy atom. The van der Waals surface area contributed by atoms with E-state index in [1.54, 1.807) is 44.2 Å². The number of aliphatic hydroxyl groups is 1. The number of para-hydroxylation sites is 1. The molecule has 1 unspecified atom stereocenters. The van der Waals surface area contributed by atoms with Crippen molar-refractivity contribution in [2.24, 2.45) is 17.6 Å². The molecule has 5 atom stereocenters. The minimum atomic E-state index is -1.26. The molecule has 1 aromatic carbocycles. The normalized spacial score (nSPS) is 14.7. The van der Waals surface area contributed by atoms with Crippen LogP contribution in [-0.4, -0.2) is 72.0 Å². The van der Waals surface area contributed by atoms with E-state index >= 15 is 0 Å². The average molecular weight is 564 g/mol. The van der Waals surface area contributed by atoms with Crippen LogP contribution in [0.15, 0.2) is 30.3 Å². The lowest BCUT2D eigenvalue weighted by atomic mass is 9.97. The van der Waals surface area contributed by atoms with Gasteiger partial charge in [0.1, 0.15) is 23.9 Å². The largest absolute Gasteiger partial charge is 0.425 e. The van der Waals surface area contributed by atoms with Crippen LogP contribution < -0.4 is 31.7 Å². The predicted octanol–water partition coefficient (Wildman–Crippen LogP) is 0.375. The maximum absolute atomic E-state index is 13.5. The van der Waals surface area contributed by atoms with E-state index < -0.39 is 66.3 Å². The second kappa shape index (κ2) is 18.0. The third-order valence-electron chi connectivity index (χ3n) is 6.20. The van der Waals surface area contributed by atoms with E-state index in [2.05, 4.69) is 21.3 Å². The van der Waals surface area contributed by atoms with Crippen molar-refractivity contribution in [1.82, 2.24) is 21.3 Å². The summed E-state index contributed by atoms with van der Waals surface area (Å²) in [5.41, 5.74) is 5.52. The molecule has 12 heteroatoms. The minimum absolute atomic E-state index is 0.173. The van der Waals surface area contributed by atoms with Gasteiger partial charge in [0.25, 0.3) is 0 Å². The fourth-order valence-corrected chi connectivity index (χ4v) is 3.67. The van der Waals surface area contributed by atoms with E-state index in [1.807, 2.05) is 6.92 Å². The van der Waals surface area contributed by atoms with Gasteiger partial charge in [-0.3, -0.25) is 19.2 Å². The van der Waals surface area contributed by atoms with E-state index in [0.717, 1.165) is 12.8 Å².